The van der Waals surface area contributed by atoms with Crippen molar-refractivity contribution in [2.24, 2.45) is 7.05 Å². The van der Waals surface area contributed by atoms with E-state index in [0.717, 1.165) is 42.9 Å². The molecular weight excluding hydrogens is 360 g/mol. The molecule has 1 fully saturated rings. The third kappa shape index (κ3) is 3.79. The molecule has 0 saturated carbocycles. The van der Waals surface area contributed by atoms with Crippen LogP contribution in [0.25, 0.3) is 11.4 Å². The quantitative estimate of drug-likeness (QED) is 0.684. The fraction of sp³-hybridized carbons (Fsp3) is 0.292. The molecule has 1 saturated heterocycles. The average Bonchev–Trinajstić information content (AvgIpc) is 2.78. The molecule has 0 aliphatic carbocycles. The van der Waals surface area contributed by atoms with E-state index >= 15 is 0 Å². The molecule has 0 N–H and O–H groups in total. The molecule has 2 aromatic carbocycles. The third-order valence-corrected chi connectivity index (χ3v) is 5.55. The van der Waals surface area contributed by atoms with Crippen molar-refractivity contribution in [2.75, 3.05) is 18.0 Å². The van der Waals surface area contributed by atoms with Gasteiger partial charge in [0.1, 0.15) is 11.6 Å². The maximum Gasteiger partial charge on any atom is 0.259 e. The van der Waals surface area contributed by atoms with Gasteiger partial charge in [0.05, 0.1) is 17.2 Å². The highest BCUT2D eigenvalue weighted by molar-refractivity contribution is 5.61. The minimum absolute atomic E-state index is 0.0489. The second-order valence-electron chi connectivity index (χ2n) is 7.46. The first-order valence-electron chi connectivity index (χ1n) is 10.1. The molecule has 1 aliphatic heterocycles. The highest BCUT2D eigenvalue weighted by atomic mass is 16.1. The van der Waals surface area contributed by atoms with Crippen molar-refractivity contribution in [3.05, 3.63) is 81.6 Å². The number of nitriles is 1. The van der Waals surface area contributed by atoms with Crippen molar-refractivity contribution < 1.29 is 0 Å². The average molecular weight is 384 g/mol. The number of hydrogen-bond donors (Lipinski definition) is 0. The van der Waals surface area contributed by atoms with Gasteiger partial charge in [-0.2, -0.15) is 5.26 Å². The summed E-state index contributed by atoms with van der Waals surface area (Å²) >= 11 is 0. The van der Waals surface area contributed by atoms with Crippen LogP contribution >= 0.6 is 0 Å². The molecule has 0 spiro atoms. The molecule has 29 heavy (non-hydrogen) atoms. The van der Waals surface area contributed by atoms with E-state index in [1.165, 1.54) is 6.42 Å². The Labute approximate surface area is 170 Å². The van der Waals surface area contributed by atoms with E-state index in [4.69, 9.17) is 4.98 Å². The Hall–Kier alpha value is -3.39. The molecular formula is C24H24N4O. The smallest absolute Gasteiger partial charge is 0.259 e. The Bertz CT molecular complexity index is 1110. The lowest BCUT2D eigenvalue weighted by molar-refractivity contribution is 0.570. The van der Waals surface area contributed by atoms with Crippen LogP contribution in [0, 0.1) is 11.3 Å². The van der Waals surface area contributed by atoms with Crippen LogP contribution in [-0.4, -0.2) is 22.6 Å². The van der Waals surface area contributed by atoms with Crippen LogP contribution < -0.4 is 10.5 Å². The first kappa shape index (κ1) is 18.9. The zero-order valence-corrected chi connectivity index (χ0v) is 16.6. The lowest BCUT2D eigenvalue weighted by atomic mass is 10.00. The molecule has 2 heterocycles. The monoisotopic (exact) mass is 384 g/mol. The van der Waals surface area contributed by atoms with Crippen LogP contribution in [0.4, 0.5) is 5.82 Å². The minimum Gasteiger partial charge on any atom is -0.356 e. The van der Waals surface area contributed by atoms with Crippen molar-refractivity contribution in [3.8, 4) is 17.5 Å². The van der Waals surface area contributed by atoms with E-state index < -0.39 is 0 Å². The van der Waals surface area contributed by atoms with Crippen molar-refractivity contribution in [1.82, 2.24) is 9.55 Å². The molecule has 1 aliphatic rings. The number of piperidine rings is 1. The van der Waals surface area contributed by atoms with Gasteiger partial charge >= 0.3 is 0 Å². The van der Waals surface area contributed by atoms with E-state index in [1.54, 1.807) is 17.7 Å². The van der Waals surface area contributed by atoms with Crippen LogP contribution in [0.1, 0.15) is 36.0 Å². The zero-order valence-electron chi connectivity index (χ0n) is 16.6. The van der Waals surface area contributed by atoms with Gasteiger partial charge in [-0.1, -0.05) is 48.5 Å². The Kier molecular flexibility index (Phi) is 5.44. The van der Waals surface area contributed by atoms with Crippen LogP contribution in [0.5, 0.6) is 0 Å². The van der Waals surface area contributed by atoms with Gasteiger partial charge < -0.3 is 4.90 Å². The number of hydrogen-bond acceptors (Lipinski definition) is 4. The fourth-order valence-electron chi connectivity index (χ4n) is 3.98. The van der Waals surface area contributed by atoms with Crippen LogP contribution in [0.3, 0.4) is 0 Å². The summed E-state index contributed by atoms with van der Waals surface area (Å²) in [5, 5.41) is 9.47. The molecule has 1 aromatic heterocycles. The molecule has 5 heteroatoms. The number of benzene rings is 2. The maximum atomic E-state index is 13.4. The predicted octanol–water partition coefficient (Wildman–Crippen LogP) is 3.90. The first-order valence-corrected chi connectivity index (χ1v) is 10.1. The summed E-state index contributed by atoms with van der Waals surface area (Å²) in [6, 6.07) is 19.6. The van der Waals surface area contributed by atoms with Gasteiger partial charge in [-0.15, -0.1) is 0 Å². The van der Waals surface area contributed by atoms with E-state index in [1.807, 2.05) is 48.5 Å². The van der Waals surface area contributed by atoms with E-state index in [-0.39, 0.29) is 5.56 Å². The molecule has 146 valence electrons. The molecule has 0 bridgehead atoms. The summed E-state index contributed by atoms with van der Waals surface area (Å²) in [5.74, 6) is 1.44. The van der Waals surface area contributed by atoms with Gasteiger partial charge in [-0.05, 0) is 30.9 Å². The van der Waals surface area contributed by atoms with Gasteiger partial charge in [-0.3, -0.25) is 9.36 Å². The zero-order chi connectivity index (χ0) is 20.2. The standard InChI is InChI=1S/C24H24N4O/c1-27-22(18-10-4-2-5-11-18)26-23(28-14-8-3-9-15-28)21(24(27)29)16-19-12-6-7-13-20(19)17-25/h2,4-7,10-13H,3,8-9,14-16H2,1H3. The molecule has 4 rings (SSSR count). The Morgan fingerprint density at radius 1 is 1.00 bits per heavy atom. The summed E-state index contributed by atoms with van der Waals surface area (Å²) in [4.78, 5) is 20.7. The maximum absolute atomic E-state index is 13.4. The number of anilines is 1. The third-order valence-electron chi connectivity index (χ3n) is 5.55. The molecule has 0 unspecified atom stereocenters. The second-order valence-corrected chi connectivity index (χ2v) is 7.46. The summed E-state index contributed by atoms with van der Waals surface area (Å²) in [6.45, 7) is 1.81. The summed E-state index contributed by atoms with van der Waals surface area (Å²) in [5.41, 5.74) is 3.00. The topological polar surface area (TPSA) is 61.9 Å². The summed E-state index contributed by atoms with van der Waals surface area (Å²) < 4.78 is 1.63. The Balaban J connectivity index is 1.88. The number of nitrogens with zero attached hydrogens (tertiary/aromatic N) is 4. The van der Waals surface area contributed by atoms with E-state index in [0.29, 0.717) is 23.4 Å². The van der Waals surface area contributed by atoms with E-state index in [2.05, 4.69) is 11.0 Å². The second kappa shape index (κ2) is 8.32. The van der Waals surface area contributed by atoms with Gasteiger partial charge in [0, 0.05) is 32.1 Å². The highest BCUT2D eigenvalue weighted by Crippen LogP contribution is 2.26. The number of aromatic nitrogens is 2. The minimum atomic E-state index is -0.0489. The van der Waals surface area contributed by atoms with Crippen LogP contribution in [0.2, 0.25) is 0 Å². The summed E-state index contributed by atoms with van der Waals surface area (Å²) in [6.07, 6.45) is 3.82. The van der Waals surface area contributed by atoms with Crippen molar-refractivity contribution in [3.63, 3.8) is 0 Å². The van der Waals surface area contributed by atoms with Crippen LogP contribution in [-0.2, 0) is 13.5 Å². The lowest BCUT2D eigenvalue weighted by Gasteiger charge is -2.30. The molecule has 5 nitrogen and oxygen atoms in total. The number of rotatable bonds is 4. The molecule has 3 aromatic rings. The first-order chi connectivity index (χ1) is 14.2. The predicted molar refractivity (Wildman–Crippen MR) is 115 cm³/mol. The van der Waals surface area contributed by atoms with Crippen molar-refractivity contribution in [2.45, 2.75) is 25.7 Å². The normalized spacial score (nSPS) is 13.9. The Morgan fingerprint density at radius 2 is 1.69 bits per heavy atom. The fourth-order valence-corrected chi connectivity index (χ4v) is 3.98. The summed E-state index contributed by atoms with van der Waals surface area (Å²) in [7, 11) is 1.78. The Morgan fingerprint density at radius 3 is 2.41 bits per heavy atom. The van der Waals surface area contributed by atoms with Crippen molar-refractivity contribution >= 4 is 5.82 Å². The van der Waals surface area contributed by atoms with E-state index in [9.17, 15) is 10.1 Å². The lowest BCUT2D eigenvalue weighted by Crippen LogP contribution is -2.35. The van der Waals surface area contributed by atoms with Gasteiger partial charge in [0.25, 0.3) is 5.56 Å². The van der Waals surface area contributed by atoms with Gasteiger partial charge in [0.15, 0.2) is 0 Å². The molecule has 0 amide bonds. The van der Waals surface area contributed by atoms with Crippen LogP contribution in [0.15, 0.2) is 59.4 Å². The SMILES string of the molecule is Cn1c(-c2ccccc2)nc(N2CCCCC2)c(Cc2ccccc2C#N)c1=O. The van der Waals surface area contributed by atoms with Gasteiger partial charge in [0.2, 0.25) is 0 Å². The largest absolute Gasteiger partial charge is 0.356 e. The highest BCUT2D eigenvalue weighted by Gasteiger charge is 2.22. The van der Waals surface area contributed by atoms with Gasteiger partial charge in [-0.25, -0.2) is 4.98 Å². The van der Waals surface area contributed by atoms with Crippen molar-refractivity contribution in [1.29, 1.82) is 5.26 Å². The molecule has 0 atom stereocenters. The molecule has 0 radical (unpaired) electrons.